The minimum absolute atomic E-state index is 0.0646. The largest absolute Gasteiger partial charge is 0.497 e. The van der Waals surface area contributed by atoms with Gasteiger partial charge >= 0.3 is 5.97 Å². The number of hydrogen-bond donors (Lipinski definition) is 1. The van der Waals surface area contributed by atoms with E-state index in [0.717, 1.165) is 17.7 Å². The highest BCUT2D eigenvalue weighted by Crippen LogP contribution is 2.30. The molecule has 0 atom stereocenters. The molecule has 28 heavy (non-hydrogen) atoms. The monoisotopic (exact) mass is 400 g/mol. The molecule has 0 radical (unpaired) electrons. The molecule has 0 bridgehead atoms. The lowest BCUT2D eigenvalue weighted by atomic mass is 10.1. The van der Waals surface area contributed by atoms with Gasteiger partial charge in [0.15, 0.2) is 11.5 Å². The summed E-state index contributed by atoms with van der Waals surface area (Å²) in [5, 5.41) is 10.5. The fourth-order valence-electron chi connectivity index (χ4n) is 3.40. The van der Waals surface area contributed by atoms with Gasteiger partial charge in [-0.15, -0.1) is 0 Å². The van der Waals surface area contributed by atoms with E-state index in [-0.39, 0.29) is 11.5 Å². The van der Waals surface area contributed by atoms with Crippen molar-refractivity contribution in [1.82, 2.24) is 9.55 Å². The minimum Gasteiger partial charge on any atom is -0.497 e. The van der Waals surface area contributed by atoms with Crippen LogP contribution in [-0.4, -0.2) is 33.5 Å². The first-order chi connectivity index (χ1) is 13.4. The lowest BCUT2D eigenvalue weighted by Crippen LogP contribution is -2.09. The Morgan fingerprint density at radius 1 is 1.25 bits per heavy atom. The number of carboxylic acid groups (broad SMARTS) is 1. The number of halogens is 1. The average molecular weight is 401 g/mol. The average Bonchev–Trinajstić information content (AvgIpc) is 2.96. The van der Waals surface area contributed by atoms with Gasteiger partial charge < -0.3 is 14.4 Å². The molecule has 0 saturated heterocycles. The second kappa shape index (κ2) is 8.02. The summed E-state index contributed by atoms with van der Waals surface area (Å²) in [6.07, 6.45) is 1.50. The molecule has 2 heterocycles. The third-order valence-electron chi connectivity index (χ3n) is 4.66. The minimum atomic E-state index is -1.11. The van der Waals surface area contributed by atoms with Crippen LogP contribution in [0.4, 0.5) is 0 Å². The van der Waals surface area contributed by atoms with Crippen molar-refractivity contribution in [2.24, 2.45) is 0 Å². The van der Waals surface area contributed by atoms with Gasteiger partial charge in [0.2, 0.25) is 0 Å². The molecule has 2 aromatic heterocycles. The van der Waals surface area contributed by atoms with Crippen LogP contribution < -0.4 is 4.74 Å². The standard InChI is InChI=1S/C21H21ClN2O4/c1-4-5-18-19(12(2)25)15-8-9-17(21(26)27)23-20(15)24(18)11-13-6-7-14(28-3)10-16(13)22/h6-10H,4-5,11H2,1-3H3,(H,26,27). The molecule has 0 unspecified atom stereocenters. The quantitative estimate of drug-likeness (QED) is 0.586. The van der Waals surface area contributed by atoms with E-state index in [2.05, 4.69) is 4.98 Å². The number of methoxy groups -OCH3 is 1. The van der Waals surface area contributed by atoms with Crippen molar-refractivity contribution in [3.8, 4) is 5.75 Å². The summed E-state index contributed by atoms with van der Waals surface area (Å²) in [4.78, 5) is 28.1. The molecule has 0 saturated carbocycles. The van der Waals surface area contributed by atoms with E-state index in [0.29, 0.717) is 40.3 Å². The molecular weight excluding hydrogens is 380 g/mol. The number of carbonyl (C=O) groups is 2. The Kier molecular flexibility index (Phi) is 5.70. The Morgan fingerprint density at radius 2 is 2.00 bits per heavy atom. The molecule has 3 aromatic rings. The van der Waals surface area contributed by atoms with E-state index in [1.807, 2.05) is 23.6 Å². The summed E-state index contributed by atoms with van der Waals surface area (Å²) in [5.41, 5.74) is 2.66. The predicted molar refractivity (Wildman–Crippen MR) is 108 cm³/mol. The molecule has 7 heteroatoms. The number of aromatic nitrogens is 2. The number of nitrogens with zero attached hydrogens (tertiary/aromatic N) is 2. The van der Waals surface area contributed by atoms with Gasteiger partial charge in [-0.25, -0.2) is 9.78 Å². The highest BCUT2D eigenvalue weighted by atomic mass is 35.5. The van der Waals surface area contributed by atoms with Gasteiger partial charge in [0.05, 0.1) is 13.7 Å². The maximum Gasteiger partial charge on any atom is 0.354 e. The molecule has 0 aliphatic carbocycles. The predicted octanol–water partition coefficient (Wildman–Crippen LogP) is 4.60. The Hall–Kier alpha value is -2.86. The van der Waals surface area contributed by atoms with Gasteiger partial charge in [-0.2, -0.15) is 0 Å². The molecule has 146 valence electrons. The SMILES string of the molecule is CCCc1c(C(C)=O)c2ccc(C(=O)O)nc2n1Cc1ccc(OC)cc1Cl. The first-order valence-electron chi connectivity index (χ1n) is 8.96. The zero-order valence-corrected chi connectivity index (χ0v) is 16.7. The van der Waals surface area contributed by atoms with Gasteiger partial charge in [-0.1, -0.05) is 31.0 Å². The highest BCUT2D eigenvalue weighted by Gasteiger charge is 2.22. The zero-order valence-electron chi connectivity index (χ0n) is 16.0. The van der Waals surface area contributed by atoms with E-state index in [4.69, 9.17) is 16.3 Å². The van der Waals surface area contributed by atoms with Crippen LogP contribution in [0.15, 0.2) is 30.3 Å². The van der Waals surface area contributed by atoms with Crippen LogP contribution in [0.3, 0.4) is 0 Å². The fraction of sp³-hybridized carbons (Fsp3) is 0.286. The Morgan fingerprint density at radius 3 is 2.57 bits per heavy atom. The van der Waals surface area contributed by atoms with Crippen molar-refractivity contribution in [3.05, 3.63) is 57.9 Å². The Balaban J connectivity index is 2.26. The van der Waals surface area contributed by atoms with E-state index >= 15 is 0 Å². The van der Waals surface area contributed by atoms with Crippen molar-refractivity contribution in [3.63, 3.8) is 0 Å². The third kappa shape index (κ3) is 3.60. The fourth-order valence-corrected chi connectivity index (χ4v) is 3.63. The summed E-state index contributed by atoms with van der Waals surface area (Å²) in [7, 11) is 1.57. The van der Waals surface area contributed by atoms with Crippen molar-refractivity contribution in [2.45, 2.75) is 33.2 Å². The van der Waals surface area contributed by atoms with Gasteiger partial charge in [0.25, 0.3) is 0 Å². The second-order valence-electron chi connectivity index (χ2n) is 6.54. The first-order valence-corrected chi connectivity index (χ1v) is 9.33. The van der Waals surface area contributed by atoms with Gasteiger partial charge in [0, 0.05) is 21.7 Å². The lowest BCUT2D eigenvalue weighted by molar-refractivity contribution is 0.0690. The normalized spacial score (nSPS) is 11.0. The maximum atomic E-state index is 12.4. The number of fused-ring (bicyclic) bond motifs is 1. The smallest absolute Gasteiger partial charge is 0.354 e. The van der Waals surface area contributed by atoms with Crippen LogP contribution >= 0.6 is 11.6 Å². The number of hydrogen-bond acceptors (Lipinski definition) is 4. The van der Waals surface area contributed by atoms with Gasteiger partial charge in [-0.3, -0.25) is 4.79 Å². The molecule has 1 N–H and O–H groups in total. The molecule has 0 aliphatic heterocycles. The van der Waals surface area contributed by atoms with Gasteiger partial charge in [0.1, 0.15) is 11.4 Å². The summed E-state index contributed by atoms with van der Waals surface area (Å²) < 4.78 is 7.10. The number of carboxylic acids is 1. The van der Waals surface area contributed by atoms with E-state index < -0.39 is 5.97 Å². The molecule has 0 aliphatic rings. The summed E-state index contributed by atoms with van der Waals surface area (Å²) in [5.74, 6) is -0.535. The third-order valence-corrected chi connectivity index (χ3v) is 5.01. The molecule has 0 spiro atoms. The number of Topliss-reactive ketones (excluding diaryl/α,β-unsaturated/α-hetero) is 1. The second-order valence-corrected chi connectivity index (χ2v) is 6.95. The van der Waals surface area contributed by atoms with Crippen LogP contribution in [0, 0.1) is 0 Å². The summed E-state index contributed by atoms with van der Waals surface area (Å²) in [6.45, 7) is 3.92. The molecular formula is C21H21ClN2O4. The molecule has 1 aromatic carbocycles. The van der Waals surface area contributed by atoms with E-state index in [1.54, 1.807) is 19.2 Å². The lowest BCUT2D eigenvalue weighted by Gasteiger charge is -2.13. The molecule has 6 nitrogen and oxygen atoms in total. The Labute approximate surface area is 167 Å². The Bertz CT molecular complexity index is 1070. The topological polar surface area (TPSA) is 81.4 Å². The van der Waals surface area contributed by atoms with Crippen LogP contribution in [0.5, 0.6) is 5.75 Å². The van der Waals surface area contributed by atoms with Crippen molar-refractivity contribution in [2.75, 3.05) is 7.11 Å². The number of rotatable bonds is 7. The van der Waals surface area contributed by atoms with Crippen LogP contribution in [-0.2, 0) is 13.0 Å². The van der Waals surface area contributed by atoms with E-state index in [9.17, 15) is 14.7 Å². The highest BCUT2D eigenvalue weighted by molar-refractivity contribution is 6.31. The number of aromatic carboxylic acids is 1. The first kappa shape index (κ1) is 19.9. The van der Waals surface area contributed by atoms with Gasteiger partial charge in [-0.05, 0) is 43.2 Å². The number of benzene rings is 1. The van der Waals surface area contributed by atoms with E-state index in [1.165, 1.54) is 13.0 Å². The molecule has 0 fully saturated rings. The number of ketones is 1. The molecule has 3 rings (SSSR count). The maximum absolute atomic E-state index is 12.4. The van der Waals surface area contributed by atoms with Crippen molar-refractivity contribution >= 4 is 34.4 Å². The summed E-state index contributed by atoms with van der Waals surface area (Å²) >= 11 is 6.41. The van der Waals surface area contributed by atoms with Crippen molar-refractivity contribution in [1.29, 1.82) is 0 Å². The molecule has 0 amide bonds. The van der Waals surface area contributed by atoms with Crippen LogP contribution in [0.25, 0.3) is 11.0 Å². The number of carbonyl (C=O) groups excluding carboxylic acids is 1. The van der Waals surface area contributed by atoms with Crippen molar-refractivity contribution < 1.29 is 19.4 Å². The summed E-state index contributed by atoms with van der Waals surface area (Å²) in [6, 6.07) is 8.49. The van der Waals surface area contributed by atoms with Crippen LogP contribution in [0.1, 0.15) is 52.4 Å². The number of pyridine rings is 1. The van der Waals surface area contributed by atoms with Crippen LogP contribution in [0.2, 0.25) is 5.02 Å². The zero-order chi connectivity index (χ0) is 20.4. The number of ether oxygens (including phenoxy) is 1.